The van der Waals surface area contributed by atoms with Crippen molar-refractivity contribution < 1.29 is 51.9 Å². The second kappa shape index (κ2) is 20.6. The van der Waals surface area contributed by atoms with Gasteiger partial charge in [0.2, 0.25) is 0 Å². The predicted octanol–water partition coefficient (Wildman–Crippen LogP) is 8.47. The fraction of sp³-hybridized carbons (Fsp3) is 0.543. The fourth-order valence-electron chi connectivity index (χ4n) is 7.22. The van der Waals surface area contributed by atoms with Crippen molar-refractivity contribution in [1.29, 1.82) is 0 Å². The summed E-state index contributed by atoms with van der Waals surface area (Å²) in [7, 11) is 0.820. The molecule has 0 N–H and O–H groups in total. The van der Waals surface area contributed by atoms with E-state index in [1.54, 1.807) is 13.4 Å². The molecule has 11 nitrogen and oxygen atoms in total. The second-order valence-corrected chi connectivity index (χ2v) is 21.6. The van der Waals surface area contributed by atoms with Crippen molar-refractivity contribution in [3.05, 3.63) is 114 Å². The summed E-state index contributed by atoms with van der Waals surface area (Å²) in [6, 6.07) is 27.8. The van der Waals surface area contributed by atoms with Crippen LogP contribution in [0.1, 0.15) is 69.4 Å². The summed E-state index contributed by atoms with van der Waals surface area (Å²) in [4.78, 5) is 12.3. The van der Waals surface area contributed by atoms with Gasteiger partial charge in [-0.3, -0.25) is 4.79 Å². The molecule has 3 saturated heterocycles. The van der Waals surface area contributed by atoms with Crippen LogP contribution < -0.4 is 4.74 Å². The number of esters is 1. The van der Waals surface area contributed by atoms with Gasteiger partial charge in [0.25, 0.3) is 0 Å². The van der Waals surface area contributed by atoms with Gasteiger partial charge in [-0.25, -0.2) is 0 Å². The third kappa shape index (κ3) is 12.0. The minimum Gasteiger partial charge on any atom is -0.497 e. The van der Waals surface area contributed by atoms with Crippen molar-refractivity contribution in [2.45, 2.75) is 133 Å². The van der Waals surface area contributed by atoms with Crippen LogP contribution in [0.4, 0.5) is 0 Å². The number of ether oxygens (including phenoxy) is 9. The Morgan fingerprint density at radius 2 is 1.48 bits per heavy atom. The van der Waals surface area contributed by atoms with Crippen LogP contribution in [0, 0.1) is 0 Å². The third-order valence-electron chi connectivity index (χ3n) is 11.7. The maximum Gasteiger partial charge on any atom is 0.305 e. The van der Waals surface area contributed by atoms with Crippen LogP contribution in [0.2, 0.25) is 18.1 Å². The van der Waals surface area contributed by atoms with E-state index in [1.165, 1.54) is 7.11 Å². The van der Waals surface area contributed by atoms with Crippen LogP contribution >= 0.6 is 0 Å². The number of methoxy groups -OCH3 is 2. The first-order valence-electron chi connectivity index (χ1n) is 20.5. The number of rotatable bonds is 17. The van der Waals surface area contributed by atoms with Crippen molar-refractivity contribution in [2.24, 2.45) is 0 Å². The number of fused-ring (bicyclic) bond motifs is 1. The lowest BCUT2D eigenvalue weighted by Gasteiger charge is -2.48. The lowest BCUT2D eigenvalue weighted by molar-refractivity contribution is -0.295. The summed E-state index contributed by atoms with van der Waals surface area (Å²) in [6.07, 6.45) is 2.13. The zero-order chi connectivity index (χ0) is 41.1. The molecule has 0 spiro atoms. The molecule has 3 fully saturated rings. The maximum absolute atomic E-state index is 12.3. The Bertz CT molecular complexity index is 1710. The van der Waals surface area contributed by atoms with E-state index in [0.717, 1.165) is 22.4 Å². The lowest BCUT2D eigenvalue weighted by atomic mass is 9.95. The van der Waals surface area contributed by atoms with Crippen LogP contribution in [-0.2, 0) is 60.3 Å². The van der Waals surface area contributed by atoms with Gasteiger partial charge in [0.1, 0.15) is 30.2 Å². The van der Waals surface area contributed by atoms with Crippen molar-refractivity contribution in [2.75, 3.05) is 27.4 Å². The Morgan fingerprint density at radius 1 is 0.793 bits per heavy atom. The molecular weight excluding hydrogens is 757 g/mol. The Labute approximate surface area is 345 Å². The minimum absolute atomic E-state index is 0.0147. The molecule has 0 saturated carbocycles. The van der Waals surface area contributed by atoms with E-state index in [2.05, 4.69) is 33.9 Å². The molecule has 0 unspecified atom stereocenters. The Morgan fingerprint density at radius 3 is 2.14 bits per heavy atom. The number of benzene rings is 3. The van der Waals surface area contributed by atoms with E-state index >= 15 is 0 Å². The first kappa shape index (κ1) is 44.0. The monoisotopic (exact) mass is 818 g/mol. The molecule has 316 valence electrons. The van der Waals surface area contributed by atoms with Crippen LogP contribution in [0.15, 0.2) is 97.3 Å². The summed E-state index contributed by atoms with van der Waals surface area (Å²) in [5.41, 5.74) is 3.05. The summed E-state index contributed by atoms with van der Waals surface area (Å²) in [5, 5.41) is -0.0147. The highest BCUT2D eigenvalue weighted by atomic mass is 28.4. The summed E-state index contributed by atoms with van der Waals surface area (Å²) < 4.78 is 62.9. The summed E-state index contributed by atoms with van der Waals surface area (Å²) in [5.74, 6) is 0.467. The highest BCUT2D eigenvalue weighted by Gasteiger charge is 2.47. The molecular formula is C46H62O11Si. The van der Waals surface area contributed by atoms with Crippen molar-refractivity contribution in [3.8, 4) is 5.75 Å². The first-order chi connectivity index (χ1) is 27.9. The molecule has 12 heteroatoms. The Hall–Kier alpha value is -3.59. The average Bonchev–Trinajstić information content (AvgIpc) is 3.22. The summed E-state index contributed by atoms with van der Waals surface area (Å²) >= 11 is 0. The second-order valence-electron chi connectivity index (χ2n) is 16.8. The standard InChI is InChI=1S/C46H62O11Si/c1-46(2,3)58(6,7)57-41-27-40-43(31-53-45(56-40)34-18-20-35(48-4)21-19-34)55-37(41)24-25-51-38-26-39(52-29-33-16-12-9-13-17-33)42(54-36(38)22-23-44(47)49-5)30-50-28-32-14-10-8-11-15-32/h8-21,24-25,36-43,45H,22-23,26-31H2,1-7H3/b25-24+/t36-,37+,38+,39-,40+,41-,42+,43-,45-/m1/s1. The Kier molecular flexibility index (Phi) is 15.6. The van der Waals surface area contributed by atoms with Crippen LogP contribution in [0.25, 0.3) is 0 Å². The number of hydrogen-bond acceptors (Lipinski definition) is 11. The van der Waals surface area contributed by atoms with E-state index in [9.17, 15) is 4.79 Å². The van der Waals surface area contributed by atoms with Gasteiger partial charge in [-0.2, -0.15) is 0 Å². The molecule has 3 heterocycles. The molecule has 3 aromatic rings. The third-order valence-corrected chi connectivity index (χ3v) is 16.2. The average molecular weight is 819 g/mol. The van der Waals surface area contributed by atoms with Gasteiger partial charge in [0.15, 0.2) is 14.6 Å². The van der Waals surface area contributed by atoms with Crippen LogP contribution in [0.3, 0.4) is 0 Å². The fourth-order valence-corrected chi connectivity index (χ4v) is 8.56. The van der Waals surface area contributed by atoms with Crippen molar-refractivity contribution in [1.82, 2.24) is 0 Å². The van der Waals surface area contributed by atoms with Gasteiger partial charge in [-0.15, -0.1) is 0 Å². The van der Waals surface area contributed by atoms with Gasteiger partial charge in [0, 0.05) is 24.8 Å². The quantitative estimate of drug-likeness (QED) is 0.0744. The van der Waals surface area contributed by atoms with E-state index in [0.29, 0.717) is 45.7 Å². The number of carbonyl (C=O) groups is 1. The molecule has 0 aliphatic carbocycles. The van der Waals surface area contributed by atoms with E-state index in [4.69, 9.17) is 47.1 Å². The topological polar surface area (TPSA) is 109 Å². The zero-order valence-electron chi connectivity index (χ0n) is 35.1. The van der Waals surface area contributed by atoms with Crippen molar-refractivity contribution in [3.63, 3.8) is 0 Å². The SMILES string of the molecule is COC(=O)CC[C@H]1O[C@@H](COCc2ccccc2)[C@H](OCc2ccccc2)C[C@@H]1O/C=C/[C@@H]1O[C@@H]2CO[C@@H](c3ccc(OC)cc3)O[C@H]2C[C@H]1O[Si](C)(C)C(C)(C)C. The molecule has 0 amide bonds. The molecule has 0 bridgehead atoms. The molecule has 6 rings (SSSR count). The number of carbonyl (C=O) groups excluding carboxylic acids is 1. The first-order valence-corrected chi connectivity index (χ1v) is 23.4. The molecule has 3 aliphatic rings. The van der Waals surface area contributed by atoms with Gasteiger partial charge < -0.3 is 47.1 Å². The van der Waals surface area contributed by atoms with Crippen LogP contribution in [0.5, 0.6) is 5.75 Å². The molecule has 58 heavy (non-hydrogen) atoms. The Balaban J connectivity index is 1.18. The molecule has 0 radical (unpaired) electrons. The van der Waals surface area contributed by atoms with Gasteiger partial charge in [-0.1, -0.05) is 93.6 Å². The van der Waals surface area contributed by atoms with Gasteiger partial charge in [-0.05, 0) is 53.9 Å². The minimum atomic E-state index is -2.22. The van der Waals surface area contributed by atoms with E-state index in [1.807, 2.05) is 91.0 Å². The highest BCUT2D eigenvalue weighted by molar-refractivity contribution is 6.74. The zero-order valence-corrected chi connectivity index (χ0v) is 36.1. The predicted molar refractivity (Wildman–Crippen MR) is 222 cm³/mol. The highest BCUT2D eigenvalue weighted by Crippen LogP contribution is 2.42. The van der Waals surface area contributed by atoms with Crippen molar-refractivity contribution >= 4 is 14.3 Å². The molecule has 3 aromatic carbocycles. The maximum atomic E-state index is 12.3. The number of hydrogen-bond donors (Lipinski definition) is 0. The molecule has 3 aliphatic heterocycles. The smallest absolute Gasteiger partial charge is 0.305 e. The van der Waals surface area contributed by atoms with Gasteiger partial charge in [0.05, 0.1) is 71.3 Å². The van der Waals surface area contributed by atoms with E-state index in [-0.39, 0.29) is 47.9 Å². The largest absolute Gasteiger partial charge is 0.497 e. The van der Waals surface area contributed by atoms with E-state index < -0.39 is 32.9 Å². The molecule has 9 atom stereocenters. The lowest BCUT2D eigenvalue weighted by Crippen LogP contribution is -2.56. The van der Waals surface area contributed by atoms with Gasteiger partial charge >= 0.3 is 5.97 Å². The summed E-state index contributed by atoms with van der Waals surface area (Å²) in [6.45, 7) is 12.8. The molecule has 0 aromatic heterocycles. The van der Waals surface area contributed by atoms with Crippen LogP contribution in [-0.4, -0.2) is 90.6 Å². The normalized spacial score (nSPS) is 27.8.